The van der Waals surface area contributed by atoms with Gasteiger partial charge >= 0.3 is 0 Å². The second kappa shape index (κ2) is 7.23. The molecule has 118 valence electrons. The molecule has 1 atom stereocenters. The molecule has 0 aromatic carbocycles. The van der Waals surface area contributed by atoms with Crippen molar-refractivity contribution >= 4 is 11.3 Å². The molecule has 0 saturated carbocycles. The number of rotatable bonds is 5. The van der Waals surface area contributed by atoms with Crippen LogP contribution in [0.15, 0.2) is 23.8 Å². The summed E-state index contributed by atoms with van der Waals surface area (Å²) in [6, 6.07) is 1.82. The molecule has 22 heavy (non-hydrogen) atoms. The van der Waals surface area contributed by atoms with Crippen LogP contribution in [0.25, 0.3) is 10.8 Å². The summed E-state index contributed by atoms with van der Waals surface area (Å²) in [4.78, 5) is 17.7. The average Bonchev–Trinajstić information content (AvgIpc) is 2.96. The van der Waals surface area contributed by atoms with E-state index >= 15 is 0 Å². The number of ether oxygens (including phenoxy) is 1. The second-order valence-corrected chi connectivity index (χ2v) is 6.56. The Labute approximate surface area is 134 Å². The summed E-state index contributed by atoms with van der Waals surface area (Å²) in [6.45, 7) is 4.51. The van der Waals surface area contributed by atoms with E-state index in [0.717, 1.165) is 43.5 Å². The number of thiazole rings is 1. The van der Waals surface area contributed by atoms with Gasteiger partial charge in [0.1, 0.15) is 0 Å². The molecule has 2 aromatic heterocycles. The molecule has 0 radical (unpaired) electrons. The number of aromatic nitrogens is 3. The minimum Gasteiger partial charge on any atom is -0.374 e. The Kier molecular flexibility index (Phi) is 5.09. The lowest BCUT2D eigenvalue weighted by Gasteiger charge is -2.33. The van der Waals surface area contributed by atoms with Crippen LogP contribution in [-0.4, -0.2) is 71.2 Å². The van der Waals surface area contributed by atoms with Crippen molar-refractivity contribution in [1.29, 1.82) is 0 Å². The Morgan fingerprint density at radius 2 is 2.18 bits per heavy atom. The molecular weight excluding hydrogens is 298 g/mol. The Bertz CT molecular complexity index is 589. The predicted molar refractivity (Wildman–Crippen MR) is 86.7 cm³/mol. The quantitative estimate of drug-likeness (QED) is 0.829. The highest BCUT2D eigenvalue weighted by molar-refractivity contribution is 7.13. The van der Waals surface area contributed by atoms with Gasteiger partial charge in [0.05, 0.1) is 18.4 Å². The fourth-order valence-corrected chi connectivity index (χ4v) is 3.32. The summed E-state index contributed by atoms with van der Waals surface area (Å²) >= 11 is 1.60. The van der Waals surface area contributed by atoms with Gasteiger partial charge in [-0.15, -0.1) is 11.3 Å². The van der Waals surface area contributed by atoms with E-state index in [1.807, 2.05) is 6.07 Å². The van der Waals surface area contributed by atoms with E-state index in [-0.39, 0.29) is 6.10 Å². The number of hydrogen-bond acceptors (Lipinski definition) is 7. The summed E-state index contributed by atoms with van der Waals surface area (Å²) in [6.07, 6.45) is 3.77. The average molecular weight is 319 g/mol. The standard InChI is InChI=1S/C15H21N5OS/c1-19(2)9-13-10-20(6-7-21-13)8-12-11-22-15(18-12)14-16-4-3-5-17-14/h3-5,11,13H,6-10H2,1-2H3/t13-/m1/s1. The largest absolute Gasteiger partial charge is 0.374 e. The molecule has 1 aliphatic rings. The Morgan fingerprint density at radius 1 is 1.36 bits per heavy atom. The third-order valence-electron chi connectivity index (χ3n) is 3.49. The van der Waals surface area contributed by atoms with Gasteiger partial charge in [-0.2, -0.15) is 0 Å². The van der Waals surface area contributed by atoms with Gasteiger partial charge in [0.2, 0.25) is 0 Å². The molecule has 1 aliphatic heterocycles. The SMILES string of the molecule is CN(C)C[C@@H]1CN(Cc2csc(-c3ncccn3)n2)CCO1. The molecule has 0 aliphatic carbocycles. The maximum absolute atomic E-state index is 5.81. The van der Waals surface area contributed by atoms with Crippen molar-refractivity contribution in [3.63, 3.8) is 0 Å². The molecule has 2 aromatic rings. The molecule has 6 nitrogen and oxygen atoms in total. The zero-order chi connectivity index (χ0) is 15.4. The molecule has 1 fully saturated rings. The number of likely N-dealkylation sites (N-methyl/N-ethyl adjacent to an activating group) is 1. The van der Waals surface area contributed by atoms with Crippen molar-refractivity contribution < 1.29 is 4.74 Å². The first-order valence-electron chi connectivity index (χ1n) is 7.41. The third-order valence-corrected chi connectivity index (χ3v) is 4.37. The van der Waals surface area contributed by atoms with E-state index in [1.165, 1.54) is 0 Å². The maximum atomic E-state index is 5.81. The minimum absolute atomic E-state index is 0.277. The van der Waals surface area contributed by atoms with Crippen LogP contribution < -0.4 is 0 Å². The molecule has 0 unspecified atom stereocenters. The maximum Gasteiger partial charge on any atom is 0.188 e. The molecule has 3 rings (SSSR count). The van der Waals surface area contributed by atoms with Crippen molar-refractivity contribution in [2.75, 3.05) is 40.3 Å². The van der Waals surface area contributed by atoms with E-state index in [4.69, 9.17) is 4.74 Å². The van der Waals surface area contributed by atoms with Crippen molar-refractivity contribution in [3.05, 3.63) is 29.5 Å². The molecule has 1 saturated heterocycles. The lowest BCUT2D eigenvalue weighted by atomic mass is 10.2. The fraction of sp³-hybridized carbons (Fsp3) is 0.533. The molecule has 0 N–H and O–H groups in total. The topological polar surface area (TPSA) is 54.4 Å². The van der Waals surface area contributed by atoms with Crippen LogP contribution in [0.3, 0.4) is 0 Å². The molecular formula is C15H21N5OS. The van der Waals surface area contributed by atoms with Crippen LogP contribution >= 0.6 is 11.3 Å². The highest BCUT2D eigenvalue weighted by Crippen LogP contribution is 2.21. The van der Waals surface area contributed by atoms with E-state index < -0.39 is 0 Å². The predicted octanol–water partition coefficient (Wildman–Crippen LogP) is 1.36. The van der Waals surface area contributed by atoms with Gasteiger partial charge in [0.15, 0.2) is 10.8 Å². The smallest absolute Gasteiger partial charge is 0.188 e. The highest BCUT2D eigenvalue weighted by atomic mass is 32.1. The van der Waals surface area contributed by atoms with Crippen molar-refractivity contribution in [3.8, 4) is 10.8 Å². The zero-order valence-corrected chi connectivity index (χ0v) is 13.8. The molecule has 0 spiro atoms. The van der Waals surface area contributed by atoms with E-state index in [1.54, 1.807) is 23.7 Å². The van der Waals surface area contributed by atoms with E-state index in [9.17, 15) is 0 Å². The van der Waals surface area contributed by atoms with Gasteiger partial charge in [-0.25, -0.2) is 15.0 Å². The fourth-order valence-electron chi connectivity index (χ4n) is 2.56. The third kappa shape index (κ3) is 4.07. The van der Waals surface area contributed by atoms with Crippen molar-refractivity contribution in [1.82, 2.24) is 24.8 Å². The summed E-state index contributed by atoms with van der Waals surface area (Å²) in [5, 5.41) is 2.98. The molecule has 7 heteroatoms. The van der Waals surface area contributed by atoms with Crippen molar-refractivity contribution in [2.45, 2.75) is 12.6 Å². The normalized spacial score (nSPS) is 19.7. The van der Waals surface area contributed by atoms with Gasteiger partial charge < -0.3 is 9.64 Å². The van der Waals surface area contributed by atoms with Gasteiger partial charge in [-0.3, -0.25) is 4.90 Å². The monoisotopic (exact) mass is 319 g/mol. The Hall–Kier alpha value is -1.41. The Morgan fingerprint density at radius 3 is 2.95 bits per heavy atom. The van der Waals surface area contributed by atoms with Crippen LogP contribution in [-0.2, 0) is 11.3 Å². The number of morpholine rings is 1. The first kappa shape index (κ1) is 15.5. The van der Waals surface area contributed by atoms with Gasteiger partial charge in [-0.05, 0) is 20.2 Å². The lowest BCUT2D eigenvalue weighted by molar-refractivity contribution is -0.0409. The van der Waals surface area contributed by atoms with Crippen LogP contribution in [0.5, 0.6) is 0 Å². The van der Waals surface area contributed by atoms with Gasteiger partial charge in [-0.1, -0.05) is 0 Å². The Balaban J connectivity index is 1.60. The lowest BCUT2D eigenvalue weighted by Crippen LogP contribution is -2.46. The van der Waals surface area contributed by atoms with E-state index in [2.05, 4.69) is 44.2 Å². The molecule has 0 bridgehead atoms. The molecule has 0 amide bonds. The van der Waals surface area contributed by atoms with Crippen LogP contribution in [0, 0.1) is 0 Å². The van der Waals surface area contributed by atoms with Crippen LogP contribution in [0.4, 0.5) is 0 Å². The minimum atomic E-state index is 0.277. The van der Waals surface area contributed by atoms with Crippen LogP contribution in [0.2, 0.25) is 0 Å². The summed E-state index contributed by atoms with van der Waals surface area (Å²) in [7, 11) is 4.16. The summed E-state index contributed by atoms with van der Waals surface area (Å²) in [5.41, 5.74) is 1.08. The number of nitrogens with zero attached hydrogens (tertiary/aromatic N) is 5. The first-order valence-corrected chi connectivity index (χ1v) is 8.29. The second-order valence-electron chi connectivity index (χ2n) is 5.71. The van der Waals surface area contributed by atoms with Gasteiger partial charge in [0.25, 0.3) is 0 Å². The van der Waals surface area contributed by atoms with Gasteiger partial charge in [0, 0.05) is 44.0 Å². The first-order chi connectivity index (χ1) is 10.7. The van der Waals surface area contributed by atoms with E-state index in [0.29, 0.717) is 5.82 Å². The highest BCUT2D eigenvalue weighted by Gasteiger charge is 2.21. The van der Waals surface area contributed by atoms with Crippen molar-refractivity contribution in [2.24, 2.45) is 0 Å². The summed E-state index contributed by atoms with van der Waals surface area (Å²) in [5.74, 6) is 0.700. The van der Waals surface area contributed by atoms with Crippen LogP contribution in [0.1, 0.15) is 5.69 Å². The summed E-state index contributed by atoms with van der Waals surface area (Å²) < 4.78 is 5.81. The zero-order valence-electron chi connectivity index (χ0n) is 13.0. The number of hydrogen-bond donors (Lipinski definition) is 0. The molecule has 3 heterocycles.